The second-order valence-corrected chi connectivity index (χ2v) is 11.5. The Labute approximate surface area is 248 Å². The molecule has 4 rings (SSSR count). The van der Waals surface area contributed by atoms with E-state index in [2.05, 4.69) is 15.9 Å². The third-order valence-corrected chi connectivity index (χ3v) is 7.40. The third-order valence-electron chi connectivity index (χ3n) is 6.24. The molecule has 0 aromatic heterocycles. The fourth-order valence-electron chi connectivity index (χ4n) is 4.20. The number of sulfone groups is 1. The molecule has 0 saturated carbocycles. The van der Waals surface area contributed by atoms with E-state index >= 15 is 8.78 Å². The number of amidine groups is 1. The maximum atomic E-state index is 15.2. The molecule has 0 spiro atoms. The monoisotopic (exact) mass is 633 g/mol. The summed E-state index contributed by atoms with van der Waals surface area (Å²) in [7, 11) is -3.76. The molecule has 4 aromatic carbocycles. The van der Waals surface area contributed by atoms with Gasteiger partial charge in [0.2, 0.25) is 0 Å². The van der Waals surface area contributed by atoms with E-state index in [1.54, 1.807) is 0 Å². The molecule has 0 atom stereocenters. The molecule has 2 amide bonds. The summed E-state index contributed by atoms with van der Waals surface area (Å²) in [6, 6.07) is 16.0. The SMILES string of the molecule is CS(=O)(=O)c1ccccc1-c1cc(F)c(NC(=O)N(Cc2cccc(C(F)(F)F)c2)Nc2cccc(/C(N)=N/O)c2)c(F)c1. The van der Waals surface area contributed by atoms with Crippen LogP contribution in [0.5, 0.6) is 0 Å². The van der Waals surface area contributed by atoms with Gasteiger partial charge in [-0.3, -0.25) is 5.43 Å². The molecule has 0 aliphatic carbocycles. The Kier molecular flexibility index (Phi) is 9.08. The number of alkyl halides is 3. The number of hydrogen-bond donors (Lipinski definition) is 4. The Morgan fingerprint density at radius 2 is 1.61 bits per heavy atom. The number of carbonyl (C=O) groups is 1. The van der Waals surface area contributed by atoms with Gasteiger partial charge in [-0.05, 0) is 53.6 Å². The van der Waals surface area contributed by atoms with Gasteiger partial charge in [-0.15, -0.1) is 0 Å². The number of rotatable bonds is 8. The lowest BCUT2D eigenvalue weighted by Gasteiger charge is -2.26. The smallest absolute Gasteiger partial charge is 0.409 e. The molecular weight excluding hydrogens is 609 g/mol. The van der Waals surface area contributed by atoms with E-state index in [4.69, 9.17) is 10.9 Å². The van der Waals surface area contributed by atoms with Gasteiger partial charge in [-0.2, -0.15) is 13.2 Å². The van der Waals surface area contributed by atoms with Gasteiger partial charge in [0.1, 0.15) is 17.3 Å². The lowest BCUT2D eigenvalue weighted by Crippen LogP contribution is -2.39. The van der Waals surface area contributed by atoms with Crippen LogP contribution in [0.4, 0.5) is 38.1 Å². The van der Waals surface area contributed by atoms with Gasteiger partial charge in [0, 0.05) is 17.4 Å². The molecule has 5 N–H and O–H groups in total. The molecule has 0 aliphatic heterocycles. The number of hydrogen-bond acceptors (Lipinski definition) is 6. The first-order valence-corrected chi connectivity index (χ1v) is 14.4. The van der Waals surface area contributed by atoms with Crippen molar-refractivity contribution in [3.05, 3.63) is 113 Å². The molecular formula is C29H24F5N5O4S. The van der Waals surface area contributed by atoms with Crippen molar-refractivity contribution < 1.29 is 40.4 Å². The minimum Gasteiger partial charge on any atom is -0.409 e. The maximum Gasteiger partial charge on any atom is 0.416 e. The highest BCUT2D eigenvalue weighted by molar-refractivity contribution is 7.90. The summed E-state index contributed by atoms with van der Waals surface area (Å²) in [4.78, 5) is 13.2. The average Bonchev–Trinajstić information content (AvgIpc) is 2.97. The number of nitrogens with two attached hydrogens (primary N) is 1. The Morgan fingerprint density at radius 3 is 2.25 bits per heavy atom. The van der Waals surface area contributed by atoms with Gasteiger partial charge in [0.25, 0.3) is 0 Å². The summed E-state index contributed by atoms with van der Waals surface area (Å²) in [5.41, 5.74) is 6.72. The van der Waals surface area contributed by atoms with Gasteiger partial charge in [-0.1, -0.05) is 47.6 Å². The predicted molar refractivity (Wildman–Crippen MR) is 153 cm³/mol. The standard InChI is InChI=1S/C29H24F5N5O4S/c1-44(42,43)25-11-3-2-10-22(25)19-14-23(30)26(24(31)15-19)36-28(40)39(16-17-6-4-8-20(12-17)29(32,33)34)37-21-9-5-7-18(13-21)27(35)38-41/h2-15,37,41H,16H2,1H3,(H2,35,38)(H,36,40). The van der Waals surface area contributed by atoms with Crippen LogP contribution in [-0.4, -0.2) is 36.8 Å². The van der Waals surface area contributed by atoms with E-state index < -0.39 is 51.5 Å². The van der Waals surface area contributed by atoms with E-state index in [9.17, 15) is 26.4 Å². The van der Waals surface area contributed by atoms with Crippen LogP contribution in [0.15, 0.2) is 95.0 Å². The Hall–Kier alpha value is -5.18. The van der Waals surface area contributed by atoms with Crippen LogP contribution < -0.4 is 16.5 Å². The highest BCUT2D eigenvalue weighted by atomic mass is 32.2. The highest BCUT2D eigenvalue weighted by Crippen LogP contribution is 2.33. The number of benzene rings is 4. The van der Waals surface area contributed by atoms with Gasteiger partial charge in [-0.25, -0.2) is 27.0 Å². The minimum atomic E-state index is -4.67. The fourth-order valence-corrected chi connectivity index (χ4v) is 5.11. The molecule has 0 radical (unpaired) electrons. The van der Waals surface area contributed by atoms with E-state index in [0.29, 0.717) is 0 Å². The second-order valence-electron chi connectivity index (χ2n) is 9.48. The quantitative estimate of drug-likeness (QED) is 0.0599. The summed E-state index contributed by atoms with van der Waals surface area (Å²) in [5, 5.41) is 14.7. The van der Waals surface area contributed by atoms with Crippen LogP contribution in [0.25, 0.3) is 11.1 Å². The predicted octanol–water partition coefficient (Wildman–Crippen LogP) is 6.21. The van der Waals surface area contributed by atoms with Crippen molar-refractivity contribution in [1.82, 2.24) is 5.01 Å². The molecule has 0 fully saturated rings. The number of halogens is 5. The Balaban J connectivity index is 1.69. The van der Waals surface area contributed by atoms with Crippen molar-refractivity contribution >= 4 is 33.1 Å². The Bertz CT molecular complexity index is 1830. The average molecular weight is 634 g/mol. The maximum absolute atomic E-state index is 15.2. The summed E-state index contributed by atoms with van der Waals surface area (Å²) >= 11 is 0. The van der Waals surface area contributed by atoms with Gasteiger partial charge in [0.05, 0.1) is 22.7 Å². The van der Waals surface area contributed by atoms with Crippen molar-refractivity contribution in [2.75, 3.05) is 17.0 Å². The van der Waals surface area contributed by atoms with Crippen molar-refractivity contribution in [2.45, 2.75) is 17.6 Å². The van der Waals surface area contributed by atoms with Gasteiger partial charge in [0.15, 0.2) is 15.7 Å². The molecule has 0 bridgehead atoms. The third kappa shape index (κ3) is 7.42. The molecule has 0 unspecified atom stereocenters. The van der Waals surface area contributed by atoms with Crippen molar-refractivity contribution in [3.8, 4) is 11.1 Å². The normalized spacial score (nSPS) is 12.1. The van der Waals surface area contributed by atoms with Crippen LogP contribution in [0.3, 0.4) is 0 Å². The number of carbonyl (C=O) groups excluding carboxylic acids is 1. The molecule has 0 aliphatic rings. The summed E-state index contributed by atoms with van der Waals surface area (Å²) in [6.45, 7) is -0.507. The number of nitrogens with zero attached hydrogens (tertiary/aromatic N) is 2. The minimum absolute atomic E-state index is 0.0173. The summed E-state index contributed by atoms with van der Waals surface area (Å²) in [6.07, 6.45) is -3.73. The first-order chi connectivity index (χ1) is 20.7. The lowest BCUT2D eigenvalue weighted by atomic mass is 10.0. The number of oxime groups is 1. The first-order valence-electron chi connectivity index (χ1n) is 12.5. The molecule has 9 nitrogen and oxygen atoms in total. The molecule has 230 valence electrons. The zero-order valence-corrected chi connectivity index (χ0v) is 23.5. The molecule has 0 saturated heterocycles. The number of amides is 2. The lowest BCUT2D eigenvalue weighted by molar-refractivity contribution is -0.137. The van der Waals surface area contributed by atoms with Crippen molar-refractivity contribution in [2.24, 2.45) is 10.9 Å². The van der Waals surface area contributed by atoms with Crippen LogP contribution in [-0.2, 0) is 22.6 Å². The van der Waals surface area contributed by atoms with Gasteiger partial charge < -0.3 is 16.3 Å². The molecule has 0 heterocycles. The number of hydrazine groups is 1. The molecule has 44 heavy (non-hydrogen) atoms. The first kappa shape index (κ1) is 31.7. The van der Waals surface area contributed by atoms with E-state index in [1.807, 2.05) is 0 Å². The number of anilines is 2. The van der Waals surface area contributed by atoms with E-state index in [0.717, 1.165) is 41.6 Å². The topological polar surface area (TPSA) is 137 Å². The number of urea groups is 1. The summed E-state index contributed by atoms with van der Waals surface area (Å²) < 4.78 is 94.8. The fraction of sp³-hybridized carbons (Fsp3) is 0.103. The van der Waals surface area contributed by atoms with Gasteiger partial charge >= 0.3 is 12.2 Å². The Morgan fingerprint density at radius 1 is 0.955 bits per heavy atom. The van der Waals surface area contributed by atoms with Crippen LogP contribution in [0.1, 0.15) is 16.7 Å². The molecule has 4 aromatic rings. The van der Waals surface area contributed by atoms with Crippen molar-refractivity contribution in [1.29, 1.82) is 0 Å². The van der Waals surface area contributed by atoms with E-state index in [1.165, 1.54) is 54.6 Å². The van der Waals surface area contributed by atoms with Crippen molar-refractivity contribution in [3.63, 3.8) is 0 Å². The largest absolute Gasteiger partial charge is 0.416 e. The second kappa shape index (κ2) is 12.6. The molecule has 15 heteroatoms. The van der Waals surface area contributed by atoms with Crippen LogP contribution >= 0.6 is 0 Å². The highest BCUT2D eigenvalue weighted by Gasteiger charge is 2.31. The summed E-state index contributed by atoms with van der Waals surface area (Å²) in [5.74, 6) is -2.77. The van der Waals surface area contributed by atoms with E-state index in [-0.39, 0.29) is 38.7 Å². The van der Waals surface area contributed by atoms with Crippen LogP contribution in [0, 0.1) is 11.6 Å². The number of nitrogens with one attached hydrogen (secondary N) is 2. The zero-order valence-electron chi connectivity index (χ0n) is 22.7. The van der Waals surface area contributed by atoms with Crippen LogP contribution in [0.2, 0.25) is 0 Å². The zero-order chi connectivity index (χ0) is 32.2.